The van der Waals surface area contributed by atoms with Crippen molar-refractivity contribution in [3.05, 3.63) is 36.4 Å². The molecule has 2 fully saturated rings. The quantitative estimate of drug-likeness (QED) is 0.932. The van der Waals surface area contributed by atoms with E-state index in [0.29, 0.717) is 18.4 Å². The zero-order chi connectivity index (χ0) is 17.2. The van der Waals surface area contributed by atoms with Crippen molar-refractivity contribution >= 4 is 22.6 Å². The smallest absolute Gasteiger partial charge is 0.226 e. The highest BCUT2D eigenvalue weighted by Gasteiger charge is 2.35. The zero-order valence-corrected chi connectivity index (χ0v) is 14.6. The second-order valence-electron chi connectivity index (χ2n) is 7.21. The van der Waals surface area contributed by atoms with Gasteiger partial charge in [0.25, 0.3) is 0 Å². The van der Waals surface area contributed by atoms with Crippen LogP contribution in [-0.2, 0) is 4.79 Å². The highest BCUT2D eigenvalue weighted by atomic mass is 16.2. The second-order valence-corrected chi connectivity index (χ2v) is 7.21. The van der Waals surface area contributed by atoms with Crippen LogP contribution in [-0.4, -0.2) is 48.5 Å². The molecule has 5 heteroatoms. The van der Waals surface area contributed by atoms with E-state index in [1.54, 1.807) is 0 Å². The topological polar surface area (TPSA) is 62.5 Å². The number of nitrogens with zero attached hydrogens (tertiary/aromatic N) is 3. The predicted molar refractivity (Wildman–Crippen MR) is 100 cm³/mol. The van der Waals surface area contributed by atoms with Gasteiger partial charge in [-0.3, -0.25) is 4.79 Å². The molecule has 1 saturated carbocycles. The summed E-state index contributed by atoms with van der Waals surface area (Å²) in [5, 5.41) is 1.16. The molecule has 0 bridgehead atoms. The first-order valence-corrected chi connectivity index (χ1v) is 9.36. The Labute approximate surface area is 148 Å². The normalized spacial score (nSPS) is 24.0. The van der Waals surface area contributed by atoms with E-state index in [0.717, 1.165) is 62.2 Å². The minimum absolute atomic E-state index is 0.148. The highest BCUT2D eigenvalue weighted by Crippen LogP contribution is 2.32. The fourth-order valence-corrected chi connectivity index (χ4v) is 4.27. The third-order valence-corrected chi connectivity index (χ3v) is 5.78. The van der Waals surface area contributed by atoms with Crippen LogP contribution in [0.15, 0.2) is 36.4 Å². The molecule has 4 rings (SSSR count). The van der Waals surface area contributed by atoms with Gasteiger partial charge < -0.3 is 15.5 Å². The first-order valence-electron chi connectivity index (χ1n) is 9.36. The van der Waals surface area contributed by atoms with Gasteiger partial charge in [-0.05, 0) is 43.5 Å². The molecule has 1 aliphatic heterocycles. The van der Waals surface area contributed by atoms with E-state index in [1.807, 2.05) is 23.1 Å². The third kappa shape index (κ3) is 3.21. The van der Waals surface area contributed by atoms with Crippen LogP contribution >= 0.6 is 0 Å². The first-order chi connectivity index (χ1) is 12.3. The molecule has 0 unspecified atom stereocenters. The minimum atomic E-state index is 0.148. The number of benzene rings is 1. The summed E-state index contributed by atoms with van der Waals surface area (Å²) in [5.74, 6) is 1.86. The maximum atomic E-state index is 12.8. The van der Waals surface area contributed by atoms with Crippen LogP contribution in [0.25, 0.3) is 10.9 Å². The fraction of sp³-hybridized carbons (Fsp3) is 0.500. The number of para-hydroxylation sites is 1. The molecule has 132 valence electrons. The van der Waals surface area contributed by atoms with Gasteiger partial charge in [0.2, 0.25) is 5.91 Å². The number of aromatic nitrogens is 1. The predicted octanol–water partition coefficient (Wildman–Crippen LogP) is 2.26. The largest absolute Gasteiger partial charge is 0.353 e. The average Bonchev–Trinajstić information content (AvgIpc) is 3.16. The van der Waals surface area contributed by atoms with Crippen molar-refractivity contribution in [2.24, 2.45) is 17.6 Å². The van der Waals surface area contributed by atoms with Gasteiger partial charge >= 0.3 is 0 Å². The summed E-state index contributed by atoms with van der Waals surface area (Å²) in [6.07, 6.45) is 3.25. The molecule has 1 aromatic heterocycles. The van der Waals surface area contributed by atoms with E-state index in [2.05, 4.69) is 23.1 Å². The number of amides is 1. The van der Waals surface area contributed by atoms with Crippen molar-refractivity contribution < 1.29 is 4.79 Å². The highest BCUT2D eigenvalue weighted by molar-refractivity contribution is 5.81. The number of hydrogen-bond donors (Lipinski definition) is 1. The van der Waals surface area contributed by atoms with Crippen LogP contribution < -0.4 is 10.6 Å². The van der Waals surface area contributed by atoms with Gasteiger partial charge in [-0.25, -0.2) is 4.98 Å². The number of pyridine rings is 1. The Bertz CT molecular complexity index is 754. The summed E-state index contributed by atoms with van der Waals surface area (Å²) in [6.45, 7) is 3.88. The minimum Gasteiger partial charge on any atom is -0.353 e. The van der Waals surface area contributed by atoms with Gasteiger partial charge in [0, 0.05) is 37.5 Å². The van der Waals surface area contributed by atoms with Gasteiger partial charge in [0.1, 0.15) is 5.82 Å². The van der Waals surface area contributed by atoms with Crippen molar-refractivity contribution in [2.45, 2.75) is 19.3 Å². The molecule has 2 N–H and O–H groups in total. The molecule has 0 radical (unpaired) electrons. The van der Waals surface area contributed by atoms with Crippen molar-refractivity contribution in [1.82, 2.24) is 9.88 Å². The van der Waals surface area contributed by atoms with Crippen molar-refractivity contribution in [2.75, 3.05) is 37.6 Å². The molecular weight excluding hydrogens is 312 g/mol. The summed E-state index contributed by atoms with van der Waals surface area (Å²) >= 11 is 0. The van der Waals surface area contributed by atoms with Gasteiger partial charge in [-0.2, -0.15) is 0 Å². The Morgan fingerprint density at radius 3 is 2.68 bits per heavy atom. The lowest BCUT2D eigenvalue weighted by molar-refractivity contribution is -0.136. The van der Waals surface area contributed by atoms with Crippen LogP contribution in [0.1, 0.15) is 19.3 Å². The molecule has 25 heavy (non-hydrogen) atoms. The SMILES string of the molecule is NC[C@H]1CCC[C@H]1C(=O)N1CCN(c2ccc3ccccc3n2)CC1. The Kier molecular flexibility index (Phi) is 4.57. The standard InChI is InChI=1S/C20H26N4O/c21-14-16-5-3-6-17(16)20(25)24-12-10-23(11-13-24)19-9-8-15-4-1-2-7-18(15)22-19/h1-2,4,7-9,16-17H,3,5-6,10-14,21H2/t16-,17-/m1/s1. The summed E-state index contributed by atoms with van der Waals surface area (Å²) in [4.78, 5) is 21.9. The van der Waals surface area contributed by atoms with E-state index in [4.69, 9.17) is 10.7 Å². The number of carbonyl (C=O) groups excluding carboxylic acids is 1. The van der Waals surface area contributed by atoms with E-state index >= 15 is 0 Å². The first kappa shape index (κ1) is 16.3. The number of piperazine rings is 1. The molecule has 0 spiro atoms. The Morgan fingerprint density at radius 1 is 1.08 bits per heavy atom. The molecule has 1 aromatic carbocycles. The van der Waals surface area contributed by atoms with E-state index in [1.165, 1.54) is 0 Å². The Morgan fingerprint density at radius 2 is 1.88 bits per heavy atom. The van der Waals surface area contributed by atoms with Crippen molar-refractivity contribution in [1.29, 1.82) is 0 Å². The van der Waals surface area contributed by atoms with Crippen LogP contribution in [0.4, 0.5) is 5.82 Å². The number of anilines is 1. The molecule has 2 atom stereocenters. The molecule has 2 aliphatic rings. The molecule has 2 heterocycles. The number of carbonyl (C=O) groups is 1. The van der Waals surface area contributed by atoms with E-state index in [9.17, 15) is 4.79 Å². The van der Waals surface area contributed by atoms with E-state index < -0.39 is 0 Å². The van der Waals surface area contributed by atoms with Crippen LogP contribution in [0.5, 0.6) is 0 Å². The Balaban J connectivity index is 1.41. The van der Waals surface area contributed by atoms with Crippen LogP contribution in [0, 0.1) is 11.8 Å². The summed E-state index contributed by atoms with van der Waals surface area (Å²) < 4.78 is 0. The molecule has 1 amide bonds. The molecule has 2 aromatic rings. The van der Waals surface area contributed by atoms with Gasteiger partial charge in [0.05, 0.1) is 5.52 Å². The lowest BCUT2D eigenvalue weighted by Gasteiger charge is -2.37. The number of hydrogen-bond acceptors (Lipinski definition) is 4. The molecular formula is C20H26N4O. The second kappa shape index (κ2) is 7.00. The number of fused-ring (bicyclic) bond motifs is 1. The zero-order valence-electron chi connectivity index (χ0n) is 14.6. The number of nitrogens with two attached hydrogens (primary N) is 1. The maximum absolute atomic E-state index is 12.8. The number of rotatable bonds is 3. The molecule has 5 nitrogen and oxygen atoms in total. The lowest BCUT2D eigenvalue weighted by atomic mass is 9.94. The van der Waals surface area contributed by atoms with E-state index in [-0.39, 0.29) is 5.92 Å². The Hall–Kier alpha value is -2.14. The van der Waals surface area contributed by atoms with Crippen molar-refractivity contribution in [3.8, 4) is 0 Å². The van der Waals surface area contributed by atoms with Gasteiger partial charge in [-0.1, -0.05) is 24.6 Å². The van der Waals surface area contributed by atoms with Crippen molar-refractivity contribution in [3.63, 3.8) is 0 Å². The summed E-state index contributed by atoms with van der Waals surface area (Å²) in [6, 6.07) is 12.4. The summed E-state index contributed by atoms with van der Waals surface area (Å²) in [5.41, 5.74) is 6.87. The van der Waals surface area contributed by atoms with Gasteiger partial charge in [0.15, 0.2) is 0 Å². The van der Waals surface area contributed by atoms with Gasteiger partial charge in [-0.15, -0.1) is 0 Å². The third-order valence-electron chi connectivity index (χ3n) is 5.78. The molecule has 1 saturated heterocycles. The average molecular weight is 338 g/mol. The fourth-order valence-electron chi connectivity index (χ4n) is 4.27. The maximum Gasteiger partial charge on any atom is 0.226 e. The lowest BCUT2D eigenvalue weighted by Crippen LogP contribution is -2.51. The summed E-state index contributed by atoms with van der Waals surface area (Å²) in [7, 11) is 0. The monoisotopic (exact) mass is 338 g/mol. The van der Waals surface area contributed by atoms with Crippen LogP contribution in [0.3, 0.4) is 0 Å². The molecule has 1 aliphatic carbocycles. The van der Waals surface area contributed by atoms with Crippen LogP contribution in [0.2, 0.25) is 0 Å².